The number of benzene rings is 4. The molecule has 0 bridgehead atoms. The second-order valence-electron chi connectivity index (χ2n) is 10.1. The molecule has 0 aliphatic rings. The quantitative estimate of drug-likeness (QED) is 0.147. The number of aliphatic hydroxyl groups excluding tert-OH is 1. The highest BCUT2D eigenvalue weighted by atomic mass is 16.5. The fraction of sp³-hybridized carbons (Fsp3) is 0.171. The van der Waals surface area contributed by atoms with Gasteiger partial charge < -0.3 is 14.6 Å². The number of aliphatic hydroxyl groups is 1. The van der Waals surface area contributed by atoms with Crippen LogP contribution < -0.4 is 14.2 Å². The van der Waals surface area contributed by atoms with Crippen LogP contribution >= 0.6 is 0 Å². The Kier molecular flexibility index (Phi) is 8.43. The Morgan fingerprint density at radius 3 is 1.25 bits per heavy atom. The standard InChI is InChI=1S/C35H34NO4/c1-25(2)33(37)30-23-31(39-34(26-15-7-3-8-16-26)27-17-9-4-10-18-27)32(24-36(30)38)40-35(28-19-11-5-12-20-28)29-21-13-6-14-22-29/h3-25,33-35,37-38H,1-2H3/q+1/t33-/m0/s1. The average molecular weight is 533 g/mol. The van der Waals surface area contributed by atoms with Gasteiger partial charge in [0.05, 0.1) is 6.07 Å². The summed E-state index contributed by atoms with van der Waals surface area (Å²) in [5.41, 5.74) is 4.16. The third-order valence-electron chi connectivity index (χ3n) is 6.86. The Morgan fingerprint density at radius 1 is 0.550 bits per heavy atom. The van der Waals surface area contributed by atoms with Gasteiger partial charge in [-0.3, -0.25) is 5.21 Å². The maximum atomic E-state index is 11.0. The third kappa shape index (κ3) is 6.16. The van der Waals surface area contributed by atoms with Crippen molar-refractivity contribution in [1.82, 2.24) is 0 Å². The first-order valence-corrected chi connectivity index (χ1v) is 13.5. The molecule has 0 amide bonds. The molecular formula is C35H34NO4+. The number of aromatic nitrogens is 1. The molecule has 5 nitrogen and oxygen atoms in total. The predicted octanol–water partition coefficient (Wildman–Crippen LogP) is 7.24. The predicted molar refractivity (Wildman–Crippen MR) is 154 cm³/mol. The monoisotopic (exact) mass is 532 g/mol. The van der Waals surface area contributed by atoms with Gasteiger partial charge in [0.15, 0.2) is 5.75 Å². The zero-order valence-corrected chi connectivity index (χ0v) is 22.7. The molecule has 40 heavy (non-hydrogen) atoms. The number of ether oxygens (including phenoxy) is 2. The molecule has 2 N–H and O–H groups in total. The van der Waals surface area contributed by atoms with Crippen LogP contribution in [0.5, 0.6) is 11.5 Å². The smallest absolute Gasteiger partial charge is 0.268 e. The lowest BCUT2D eigenvalue weighted by molar-refractivity contribution is -0.911. The Bertz CT molecular complexity index is 1410. The lowest BCUT2D eigenvalue weighted by Gasteiger charge is -2.24. The first-order chi connectivity index (χ1) is 19.5. The van der Waals surface area contributed by atoms with Crippen LogP contribution in [-0.4, -0.2) is 10.3 Å². The van der Waals surface area contributed by atoms with Crippen molar-refractivity contribution in [3.05, 3.63) is 162 Å². The number of hydrogen-bond acceptors (Lipinski definition) is 4. The summed E-state index contributed by atoms with van der Waals surface area (Å²) in [6, 6.07) is 41.5. The first-order valence-electron chi connectivity index (χ1n) is 13.5. The van der Waals surface area contributed by atoms with Gasteiger partial charge in [0.1, 0.15) is 18.3 Å². The molecule has 1 aromatic heterocycles. The van der Waals surface area contributed by atoms with Crippen molar-refractivity contribution < 1.29 is 24.5 Å². The van der Waals surface area contributed by atoms with Gasteiger partial charge in [0.25, 0.3) is 11.9 Å². The molecule has 0 saturated heterocycles. The van der Waals surface area contributed by atoms with E-state index in [4.69, 9.17) is 9.47 Å². The fourth-order valence-corrected chi connectivity index (χ4v) is 4.69. The van der Waals surface area contributed by atoms with Crippen LogP contribution in [0, 0.1) is 5.92 Å². The summed E-state index contributed by atoms with van der Waals surface area (Å²) >= 11 is 0. The van der Waals surface area contributed by atoms with Crippen LogP contribution in [0.4, 0.5) is 0 Å². The topological polar surface area (TPSA) is 62.8 Å². The Morgan fingerprint density at radius 2 is 0.900 bits per heavy atom. The second kappa shape index (κ2) is 12.5. The van der Waals surface area contributed by atoms with E-state index in [1.165, 1.54) is 6.20 Å². The molecule has 0 spiro atoms. The van der Waals surface area contributed by atoms with Gasteiger partial charge in [-0.05, 0) is 28.2 Å². The number of nitrogens with zero attached hydrogens (tertiary/aromatic N) is 1. The molecular weight excluding hydrogens is 498 g/mol. The summed E-state index contributed by atoms with van der Waals surface area (Å²) < 4.78 is 14.4. The minimum Gasteiger partial charge on any atom is -0.477 e. The van der Waals surface area contributed by atoms with Crippen LogP contribution in [0.1, 0.15) is 60.1 Å². The highest BCUT2D eigenvalue weighted by molar-refractivity contribution is 5.42. The van der Waals surface area contributed by atoms with E-state index in [1.807, 2.05) is 135 Å². The van der Waals surface area contributed by atoms with Crippen molar-refractivity contribution in [2.75, 3.05) is 0 Å². The summed E-state index contributed by atoms with van der Waals surface area (Å²) in [4.78, 5) is 0. The number of rotatable bonds is 10. The van der Waals surface area contributed by atoms with Crippen LogP contribution in [0.25, 0.3) is 0 Å². The molecule has 0 aliphatic carbocycles. The van der Waals surface area contributed by atoms with E-state index in [2.05, 4.69) is 0 Å². The Hall–Kier alpha value is -4.61. The van der Waals surface area contributed by atoms with Crippen LogP contribution in [0.2, 0.25) is 0 Å². The van der Waals surface area contributed by atoms with E-state index in [9.17, 15) is 10.3 Å². The Balaban J connectivity index is 1.63. The van der Waals surface area contributed by atoms with E-state index in [0.29, 0.717) is 17.2 Å². The lowest BCUT2D eigenvalue weighted by atomic mass is 10.0. The summed E-state index contributed by atoms with van der Waals surface area (Å²) in [7, 11) is 0. The minimum atomic E-state index is -0.910. The molecule has 1 atom stereocenters. The van der Waals surface area contributed by atoms with Gasteiger partial charge in [-0.1, -0.05) is 135 Å². The van der Waals surface area contributed by atoms with Crippen molar-refractivity contribution in [2.45, 2.75) is 32.2 Å². The normalized spacial score (nSPS) is 12.1. The van der Waals surface area contributed by atoms with Gasteiger partial charge in [0, 0.05) is 4.73 Å². The summed E-state index contributed by atoms with van der Waals surface area (Å²) in [6.45, 7) is 3.79. The fourth-order valence-electron chi connectivity index (χ4n) is 4.69. The molecule has 5 heteroatoms. The van der Waals surface area contributed by atoms with Crippen molar-refractivity contribution in [1.29, 1.82) is 0 Å². The molecule has 5 aromatic rings. The molecule has 1 heterocycles. The largest absolute Gasteiger partial charge is 0.477 e. The van der Waals surface area contributed by atoms with E-state index < -0.39 is 18.3 Å². The average Bonchev–Trinajstić information content (AvgIpc) is 3.00. The van der Waals surface area contributed by atoms with E-state index in [-0.39, 0.29) is 5.92 Å². The first kappa shape index (κ1) is 27.0. The zero-order chi connectivity index (χ0) is 27.9. The van der Waals surface area contributed by atoms with Crippen LogP contribution in [-0.2, 0) is 0 Å². The number of hydrogen-bond donors (Lipinski definition) is 2. The summed E-state index contributed by atoms with van der Waals surface area (Å²) in [5.74, 6) is 0.629. The van der Waals surface area contributed by atoms with Gasteiger partial charge >= 0.3 is 0 Å². The second-order valence-corrected chi connectivity index (χ2v) is 10.1. The van der Waals surface area contributed by atoms with E-state index in [1.54, 1.807) is 6.07 Å². The highest BCUT2D eigenvalue weighted by Gasteiger charge is 2.31. The Labute approximate surface area is 235 Å². The van der Waals surface area contributed by atoms with E-state index >= 15 is 0 Å². The van der Waals surface area contributed by atoms with Crippen LogP contribution in [0.3, 0.4) is 0 Å². The van der Waals surface area contributed by atoms with Gasteiger partial charge in [0.2, 0.25) is 5.75 Å². The lowest BCUT2D eigenvalue weighted by Crippen LogP contribution is -2.38. The molecule has 202 valence electrons. The summed E-state index contributed by atoms with van der Waals surface area (Å²) in [5, 5.41) is 21.9. The maximum absolute atomic E-state index is 11.0. The number of pyridine rings is 1. The zero-order valence-electron chi connectivity index (χ0n) is 22.7. The van der Waals surface area contributed by atoms with Gasteiger partial charge in [-0.15, -0.1) is 0 Å². The molecule has 0 fully saturated rings. The SMILES string of the molecule is CC(C)[C@H](O)c1cc(OC(c2ccccc2)c2ccccc2)c(OC(c2ccccc2)c2ccccc2)c[n+]1O. The van der Waals surface area contributed by atoms with Crippen molar-refractivity contribution >= 4 is 0 Å². The van der Waals surface area contributed by atoms with E-state index in [0.717, 1.165) is 27.0 Å². The molecule has 5 rings (SSSR count). The molecule has 0 aliphatic heterocycles. The summed E-state index contributed by atoms with van der Waals surface area (Å²) in [6.07, 6.45) is -0.345. The molecule has 0 unspecified atom stereocenters. The molecule has 0 radical (unpaired) electrons. The highest BCUT2D eigenvalue weighted by Crippen LogP contribution is 2.39. The van der Waals surface area contributed by atoms with Crippen molar-refractivity contribution in [3.8, 4) is 11.5 Å². The third-order valence-corrected chi connectivity index (χ3v) is 6.86. The molecule has 0 saturated carbocycles. The van der Waals surface area contributed by atoms with Crippen molar-refractivity contribution in [3.63, 3.8) is 0 Å². The minimum absolute atomic E-state index is 0.126. The van der Waals surface area contributed by atoms with Crippen molar-refractivity contribution in [2.24, 2.45) is 5.92 Å². The van der Waals surface area contributed by atoms with Gasteiger partial charge in [-0.2, -0.15) is 0 Å². The maximum Gasteiger partial charge on any atom is 0.268 e. The van der Waals surface area contributed by atoms with Gasteiger partial charge in [-0.25, -0.2) is 0 Å². The van der Waals surface area contributed by atoms with Crippen LogP contribution in [0.15, 0.2) is 134 Å². The molecule has 4 aromatic carbocycles.